The third-order valence-electron chi connectivity index (χ3n) is 5.21. The second-order valence-corrected chi connectivity index (χ2v) is 6.71. The number of halogens is 1. The van der Waals surface area contributed by atoms with Crippen LogP contribution in [0.1, 0.15) is 32.6 Å². The van der Waals surface area contributed by atoms with E-state index >= 15 is 0 Å². The number of carbonyl (C=O) groups is 2. The maximum absolute atomic E-state index is 12.8. The molecule has 138 valence electrons. The summed E-state index contributed by atoms with van der Waals surface area (Å²) in [6.07, 6.45) is 3.35. The normalized spacial score (nSPS) is 22.8. The van der Waals surface area contributed by atoms with Gasteiger partial charge in [0.15, 0.2) is 0 Å². The highest BCUT2D eigenvalue weighted by molar-refractivity contribution is 6.01. The van der Waals surface area contributed by atoms with Crippen LogP contribution >= 0.6 is 12.4 Å². The summed E-state index contributed by atoms with van der Waals surface area (Å²) in [5.74, 6) is 0.782. The second-order valence-electron chi connectivity index (χ2n) is 6.71. The van der Waals surface area contributed by atoms with Crippen LogP contribution in [-0.4, -0.2) is 48.9 Å². The molecule has 1 N–H and O–H groups in total. The molecule has 1 aromatic carbocycles. The van der Waals surface area contributed by atoms with Crippen LogP contribution in [0.4, 0.5) is 5.69 Å². The van der Waals surface area contributed by atoms with E-state index in [1.165, 1.54) is 0 Å². The standard InChI is InChI=1S/C19H27N3O2.ClH/c1-2-21(18(23)9-8-15-10-12-20-14-15)17-11-13-22(19(17)24)16-6-4-3-5-7-16;/h3-7,15,17,20H,2,8-14H2,1H3;1H. The Bertz CT molecular complexity index is 575. The van der Waals surface area contributed by atoms with E-state index in [9.17, 15) is 9.59 Å². The lowest BCUT2D eigenvalue weighted by molar-refractivity contribution is -0.138. The van der Waals surface area contributed by atoms with E-state index in [0.717, 1.165) is 38.0 Å². The van der Waals surface area contributed by atoms with Crippen LogP contribution < -0.4 is 10.2 Å². The van der Waals surface area contributed by atoms with Crippen LogP contribution in [-0.2, 0) is 9.59 Å². The molecule has 1 aromatic rings. The number of nitrogens with one attached hydrogen (secondary N) is 1. The molecule has 0 spiro atoms. The minimum atomic E-state index is -0.301. The number of likely N-dealkylation sites (N-methyl/N-ethyl adjacent to an activating group) is 1. The molecule has 2 unspecified atom stereocenters. The SMILES string of the molecule is CCN(C(=O)CCC1CCNC1)C1CCN(c2ccccc2)C1=O.Cl. The molecule has 0 radical (unpaired) electrons. The quantitative estimate of drug-likeness (QED) is 0.842. The van der Waals surface area contributed by atoms with E-state index in [1.54, 1.807) is 4.90 Å². The lowest BCUT2D eigenvalue weighted by Crippen LogP contribution is -2.45. The summed E-state index contributed by atoms with van der Waals surface area (Å²) in [6.45, 7) is 5.32. The summed E-state index contributed by atoms with van der Waals surface area (Å²) in [6, 6.07) is 9.42. The number of hydrogen-bond acceptors (Lipinski definition) is 3. The lowest BCUT2D eigenvalue weighted by Gasteiger charge is -2.27. The molecule has 2 atom stereocenters. The van der Waals surface area contributed by atoms with Gasteiger partial charge in [0.05, 0.1) is 0 Å². The molecule has 2 aliphatic rings. The van der Waals surface area contributed by atoms with Crippen molar-refractivity contribution in [1.82, 2.24) is 10.2 Å². The Morgan fingerprint density at radius 1 is 1.28 bits per heavy atom. The molecule has 0 aromatic heterocycles. The fourth-order valence-electron chi connectivity index (χ4n) is 3.82. The highest BCUT2D eigenvalue weighted by Gasteiger charge is 2.38. The first kappa shape index (κ1) is 19.7. The van der Waals surface area contributed by atoms with Crippen molar-refractivity contribution in [3.63, 3.8) is 0 Å². The number of carbonyl (C=O) groups excluding carboxylic acids is 2. The van der Waals surface area contributed by atoms with Crippen molar-refractivity contribution in [2.75, 3.05) is 31.1 Å². The van der Waals surface area contributed by atoms with Gasteiger partial charge in [0.2, 0.25) is 11.8 Å². The molecule has 6 heteroatoms. The Hall–Kier alpha value is -1.59. The van der Waals surface area contributed by atoms with Gasteiger partial charge in [-0.2, -0.15) is 0 Å². The van der Waals surface area contributed by atoms with Gasteiger partial charge in [-0.15, -0.1) is 12.4 Å². The summed E-state index contributed by atoms with van der Waals surface area (Å²) in [7, 11) is 0. The molecular weight excluding hydrogens is 338 g/mol. The second kappa shape index (κ2) is 9.20. The zero-order chi connectivity index (χ0) is 16.9. The van der Waals surface area contributed by atoms with Crippen molar-refractivity contribution in [3.05, 3.63) is 30.3 Å². The van der Waals surface area contributed by atoms with Gasteiger partial charge in [-0.1, -0.05) is 18.2 Å². The Balaban J connectivity index is 0.00000225. The van der Waals surface area contributed by atoms with Gasteiger partial charge < -0.3 is 15.1 Å². The monoisotopic (exact) mass is 365 g/mol. The van der Waals surface area contributed by atoms with Crippen LogP contribution in [0.3, 0.4) is 0 Å². The van der Waals surface area contributed by atoms with Gasteiger partial charge in [-0.25, -0.2) is 0 Å². The summed E-state index contributed by atoms with van der Waals surface area (Å²) >= 11 is 0. The van der Waals surface area contributed by atoms with Gasteiger partial charge >= 0.3 is 0 Å². The van der Waals surface area contributed by atoms with Crippen molar-refractivity contribution in [2.45, 2.75) is 38.6 Å². The van der Waals surface area contributed by atoms with Crippen LogP contribution in [0.2, 0.25) is 0 Å². The number of hydrogen-bond donors (Lipinski definition) is 1. The highest BCUT2D eigenvalue weighted by atomic mass is 35.5. The van der Waals surface area contributed by atoms with Crippen molar-refractivity contribution >= 4 is 29.9 Å². The van der Waals surface area contributed by atoms with Gasteiger partial charge in [0.25, 0.3) is 0 Å². The zero-order valence-electron chi connectivity index (χ0n) is 14.8. The van der Waals surface area contributed by atoms with Crippen molar-refractivity contribution in [3.8, 4) is 0 Å². The predicted octanol–water partition coefficient (Wildman–Crippen LogP) is 2.45. The summed E-state index contributed by atoms with van der Waals surface area (Å²) in [5, 5.41) is 3.34. The predicted molar refractivity (Wildman–Crippen MR) is 102 cm³/mol. The third-order valence-corrected chi connectivity index (χ3v) is 5.21. The Morgan fingerprint density at radius 2 is 2.04 bits per heavy atom. The first-order valence-electron chi connectivity index (χ1n) is 9.07. The molecule has 2 saturated heterocycles. The molecule has 3 rings (SSSR count). The molecule has 2 amide bonds. The number of anilines is 1. The molecular formula is C19H28ClN3O2. The third kappa shape index (κ3) is 4.53. The first-order valence-corrected chi connectivity index (χ1v) is 9.07. The summed E-state index contributed by atoms with van der Waals surface area (Å²) < 4.78 is 0. The Labute approximate surface area is 156 Å². The average molecular weight is 366 g/mol. The van der Waals surface area contributed by atoms with Gasteiger partial charge in [0, 0.05) is 25.2 Å². The van der Waals surface area contributed by atoms with E-state index in [2.05, 4.69) is 5.32 Å². The van der Waals surface area contributed by atoms with Crippen molar-refractivity contribution < 1.29 is 9.59 Å². The number of benzene rings is 1. The largest absolute Gasteiger partial charge is 0.331 e. The first-order chi connectivity index (χ1) is 11.7. The zero-order valence-corrected chi connectivity index (χ0v) is 15.6. The maximum Gasteiger partial charge on any atom is 0.249 e. The molecule has 0 aliphatic carbocycles. The van der Waals surface area contributed by atoms with Crippen LogP contribution in [0.15, 0.2) is 30.3 Å². The average Bonchev–Trinajstić information content (AvgIpc) is 3.25. The number of nitrogens with zero attached hydrogens (tertiary/aromatic N) is 2. The van der Waals surface area contributed by atoms with E-state index in [-0.39, 0.29) is 30.3 Å². The lowest BCUT2D eigenvalue weighted by atomic mass is 10.0. The van der Waals surface area contributed by atoms with E-state index < -0.39 is 0 Å². The minimum absolute atomic E-state index is 0. The van der Waals surface area contributed by atoms with Crippen LogP contribution in [0.25, 0.3) is 0 Å². The fraction of sp³-hybridized carbons (Fsp3) is 0.579. The smallest absolute Gasteiger partial charge is 0.249 e. The number of para-hydroxylation sites is 1. The molecule has 0 bridgehead atoms. The summed E-state index contributed by atoms with van der Waals surface area (Å²) in [5.41, 5.74) is 0.922. The molecule has 2 aliphatic heterocycles. The van der Waals surface area contributed by atoms with Crippen molar-refractivity contribution in [2.24, 2.45) is 5.92 Å². The molecule has 2 heterocycles. The van der Waals surface area contributed by atoms with E-state index in [1.807, 2.05) is 42.2 Å². The number of amides is 2. The Kier molecular flexibility index (Phi) is 7.26. The van der Waals surface area contributed by atoms with Gasteiger partial charge in [0.1, 0.15) is 6.04 Å². The Morgan fingerprint density at radius 3 is 2.68 bits per heavy atom. The maximum atomic E-state index is 12.8. The fourth-order valence-corrected chi connectivity index (χ4v) is 3.82. The molecule has 25 heavy (non-hydrogen) atoms. The molecule has 0 saturated carbocycles. The van der Waals surface area contributed by atoms with Gasteiger partial charge in [-0.3, -0.25) is 9.59 Å². The highest BCUT2D eigenvalue weighted by Crippen LogP contribution is 2.25. The topological polar surface area (TPSA) is 52.7 Å². The molecule has 5 nitrogen and oxygen atoms in total. The minimum Gasteiger partial charge on any atom is -0.331 e. The van der Waals surface area contributed by atoms with Gasteiger partial charge in [-0.05, 0) is 57.3 Å². The van der Waals surface area contributed by atoms with E-state index in [0.29, 0.717) is 25.4 Å². The van der Waals surface area contributed by atoms with E-state index in [4.69, 9.17) is 0 Å². The summed E-state index contributed by atoms with van der Waals surface area (Å²) in [4.78, 5) is 29.0. The van der Waals surface area contributed by atoms with Crippen LogP contribution in [0, 0.1) is 5.92 Å². The van der Waals surface area contributed by atoms with Crippen LogP contribution in [0.5, 0.6) is 0 Å². The number of rotatable bonds is 6. The molecule has 2 fully saturated rings. The van der Waals surface area contributed by atoms with Crippen molar-refractivity contribution in [1.29, 1.82) is 0 Å².